The molecular weight excluding hydrogens is 304 g/mol. The van der Waals surface area contributed by atoms with E-state index in [1.165, 1.54) is 24.3 Å². The van der Waals surface area contributed by atoms with Crippen molar-refractivity contribution in [3.8, 4) is 11.5 Å². The molecule has 0 unspecified atom stereocenters. The number of hydrazone groups is 1. The summed E-state index contributed by atoms with van der Waals surface area (Å²) in [6.45, 7) is 0. The smallest absolute Gasteiger partial charge is 0.271 e. The second kappa shape index (κ2) is 6.83. The van der Waals surface area contributed by atoms with Gasteiger partial charge in [0.1, 0.15) is 11.5 Å². The zero-order valence-electron chi connectivity index (χ0n) is 13.1. The molecule has 3 rings (SSSR count). The van der Waals surface area contributed by atoms with Crippen LogP contribution >= 0.6 is 0 Å². The van der Waals surface area contributed by atoms with Crippen LogP contribution in [0.4, 0.5) is 0 Å². The fraction of sp³-hybridized carbons (Fsp3) is 0.0526. The van der Waals surface area contributed by atoms with E-state index >= 15 is 0 Å². The van der Waals surface area contributed by atoms with Crippen molar-refractivity contribution in [3.63, 3.8) is 0 Å². The highest BCUT2D eigenvalue weighted by molar-refractivity contribution is 6.03. The standard InChI is InChI=1S/C19H16N2O3/c1-24-18-11-8-13-4-2-3-5-16(13)17(18)12-20-21-19(23)14-6-9-15(22)10-7-14/h2-12,22H,1H3,(H,21,23)/b20-12-. The average Bonchev–Trinajstić information content (AvgIpc) is 2.62. The van der Waals surface area contributed by atoms with Gasteiger partial charge in [-0.2, -0.15) is 5.10 Å². The molecule has 0 aliphatic carbocycles. The highest BCUT2D eigenvalue weighted by Gasteiger charge is 2.07. The summed E-state index contributed by atoms with van der Waals surface area (Å²) in [5.74, 6) is 0.428. The first-order valence-electron chi connectivity index (χ1n) is 7.37. The Hall–Kier alpha value is -3.34. The quantitative estimate of drug-likeness (QED) is 0.572. The first-order chi connectivity index (χ1) is 11.7. The Balaban J connectivity index is 1.85. The van der Waals surface area contributed by atoms with E-state index in [0.717, 1.165) is 16.3 Å². The van der Waals surface area contributed by atoms with Crippen LogP contribution < -0.4 is 10.2 Å². The van der Waals surface area contributed by atoms with Gasteiger partial charge in [-0.05, 0) is 41.1 Å². The lowest BCUT2D eigenvalue weighted by Crippen LogP contribution is -2.17. The molecule has 24 heavy (non-hydrogen) atoms. The maximum atomic E-state index is 12.0. The predicted octanol–water partition coefficient (Wildman–Crippen LogP) is 3.32. The van der Waals surface area contributed by atoms with Gasteiger partial charge in [0.25, 0.3) is 5.91 Å². The molecule has 5 heteroatoms. The lowest BCUT2D eigenvalue weighted by molar-refractivity contribution is 0.0955. The van der Waals surface area contributed by atoms with E-state index in [9.17, 15) is 9.90 Å². The Morgan fingerprint density at radius 1 is 1.08 bits per heavy atom. The van der Waals surface area contributed by atoms with Crippen molar-refractivity contribution in [2.75, 3.05) is 7.11 Å². The molecule has 3 aromatic carbocycles. The average molecular weight is 320 g/mol. The number of methoxy groups -OCH3 is 1. The molecule has 0 fully saturated rings. The molecule has 3 aromatic rings. The van der Waals surface area contributed by atoms with Gasteiger partial charge in [0.2, 0.25) is 0 Å². The van der Waals surface area contributed by atoms with Gasteiger partial charge in [-0.25, -0.2) is 5.43 Å². The summed E-state index contributed by atoms with van der Waals surface area (Å²) in [6.07, 6.45) is 1.57. The van der Waals surface area contributed by atoms with E-state index in [0.29, 0.717) is 11.3 Å². The van der Waals surface area contributed by atoms with Crippen LogP contribution in [-0.4, -0.2) is 24.3 Å². The normalized spacial score (nSPS) is 10.9. The molecule has 0 atom stereocenters. The van der Waals surface area contributed by atoms with Crippen molar-refractivity contribution in [1.29, 1.82) is 0 Å². The number of hydrogen-bond acceptors (Lipinski definition) is 4. The first-order valence-corrected chi connectivity index (χ1v) is 7.37. The number of hydrogen-bond donors (Lipinski definition) is 2. The third-order valence-corrected chi connectivity index (χ3v) is 3.64. The van der Waals surface area contributed by atoms with Crippen LogP contribution in [0, 0.1) is 0 Å². The number of fused-ring (bicyclic) bond motifs is 1. The molecule has 0 aromatic heterocycles. The Kier molecular flexibility index (Phi) is 4.43. The SMILES string of the molecule is COc1ccc2ccccc2c1/C=N\NC(=O)c1ccc(O)cc1. The molecule has 5 nitrogen and oxygen atoms in total. The number of carbonyl (C=O) groups excluding carboxylic acids is 1. The predicted molar refractivity (Wildman–Crippen MR) is 93.7 cm³/mol. The summed E-state index contributed by atoms with van der Waals surface area (Å²) in [7, 11) is 1.59. The van der Waals surface area contributed by atoms with Crippen LogP contribution in [0.1, 0.15) is 15.9 Å². The Labute approximate surface area is 139 Å². The molecule has 1 amide bonds. The molecule has 120 valence electrons. The van der Waals surface area contributed by atoms with Gasteiger partial charge in [0.05, 0.1) is 13.3 Å². The minimum absolute atomic E-state index is 0.107. The fourth-order valence-electron chi connectivity index (χ4n) is 2.42. The van der Waals surface area contributed by atoms with E-state index in [-0.39, 0.29) is 11.7 Å². The van der Waals surface area contributed by atoms with Crippen LogP contribution in [0.3, 0.4) is 0 Å². The number of nitrogens with zero attached hydrogens (tertiary/aromatic N) is 1. The van der Waals surface area contributed by atoms with E-state index < -0.39 is 0 Å². The first kappa shape index (κ1) is 15.6. The molecule has 0 saturated carbocycles. The zero-order chi connectivity index (χ0) is 16.9. The van der Waals surface area contributed by atoms with Gasteiger partial charge in [-0.1, -0.05) is 30.3 Å². The topological polar surface area (TPSA) is 70.9 Å². The van der Waals surface area contributed by atoms with Crippen molar-refractivity contribution in [2.45, 2.75) is 0 Å². The molecule has 0 spiro atoms. The number of benzene rings is 3. The third kappa shape index (κ3) is 3.20. The maximum absolute atomic E-state index is 12.0. The summed E-state index contributed by atoms with van der Waals surface area (Å²) < 4.78 is 5.38. The minimum Gasteiger partial charge on any atom is -0.508 e. The molecule has 0 saturated heterocycles. The van der Waals surface area contributed by atoms with Gasteiger partial charge in [-0.3, -0.25) is 4.79 Å². The van der Waals surface area contributed by atoms with E-state index in [1.54, 1.807) is 13.3 Å². The number of amides is 1. The Bertz CT molecular complexity index is 902. The number of aromatic hydroxyl groups is 1. The monoisotopic (exact) mass is 320 g/mol. The lowest BCUT2D eigenvalue weighted by atomic mass is 10.0. The fourth-order valence-corrected chi connectivity index (χ4v) is 2.42. The largest absolute Gasteiger partial charge is 0.508 e. The van der Waals surface area contributed by atoms with E-state index in [1.807, 2.05) is 36.4 Å². The molecule has 0 bridgehead atoms. The van der Waals surface area contributed by atoms with Gasteiger partial charge in [0.15, 0.2) is 0 Å². The summed E-state index contributed by atoms with van der Waals surface area (Å²) >= 11 is 0. The number of carbonyl (C=O) groups is 1. The summed E-state index contributed by atoms with van der Waals surface area (Å²) in [5.41, 5.74) is 3.68. The summed E-state index contributed by atoms with van der Waals surface area (Å²) in [5, 5.41) is 15.3. The number of rotatable bonds is 4. The summed E-state index contributed by atoms with van der Waals surface area (Å²) in [4.78, 5) is 12.0. The van der Waals surface area contributed by atoms with Crippen LogP contribution in [0.2, 0.25) is 0 Å². The number of phenols is 1. The van der Waals surface area contributed by atoms with Gasteiger partial charge >= 0.3 is 0 Å². The maximum Gasteiger partial charge on any atom is 0.271 e. The van der Waals surface area contributed by atoms with Gasteiger partial charge in [-0.15, -0.1) is 0 Å². The van der Waals surface area contributed by atoms with Crippen LogP contribution in [0.25, 0.3) is 10.8 Å². The number of phenolic OH excluding ortho intramolecular Hbond substituents is 1. The molecule has 0 heterocycles. The van der Waals surface area contributed by atoms with Crippen molar-refractivity contribution >= 4 is 22.9 Å². The molecule has 0 aliphatic heterocycles. The zero-order valence-corrected chi connectivity index (χ0v) is 13.1. The van der Waals surface area contributed by atoms with Gasteiger partial charge < -0.3 is 9.84 Å². The van der Waals surface area contributed by atoms with Crippen LogP contribution in [0.5, 0.6) is 11.5 Å². The Morgan fingerprint density at radius 3 is 2.58 bits per heavy atom. The lowest BCUT2D eigenvalue weighted by Gasteiger charge is -2.08. The highest BCUT2D eigenvalue weighted by Crippen LogP contribution is 2.26. The van der Waals surface area contributed by atoms with E-state index in [4.69, 9.17) is 4.74 Å². The second-order valence-electron chi connectivity index (χ2n) is 5.15. The van der Waals surface area contributed by atoms with Crippen molar-refractivity contribution in [3.05, 3.63) is 71.8 Å². The minimum atomic E-state index is -0.356. The van der Waals surface area contributed by atoms with Gasteiger partial charge in [0, 0.05) is 11.1 Å². The van der Waals surface area contributed by atoms with Crippen molar-refractivity contribution < 1.29 is 14.6 Å². The molecule has 0 aliphatic rings. The van der Waals surface area contributed by atoms with Crippen LogP contribution in [-0.2, 0) is 0 Å². The molecular formula is C19H16N2O3. The van der Waals surface area contributed by atoms with Crippen LogP contribution in [0.15, 0.2) is 65.8 Å². The highest BCUT2D eigenvalue weighted by atomic mass is 16.5. The van der Waals surface area contributed by atoms with Crippen molar-refractivity contribution in [1.82, 2.24) is 5.43 Å². The molecule has 0 radical (unpaired) electrons. The number of nitrogens with one attached hydrogen (secondary N) is 1. The molecule has 2 N–H and O–H groups in total. The summed E-state index contributed by atoms with van der Waals surface area (Å²) in [6, 6.07) is 17.7. The van der Waals surface area contributed by atoms with Crippen molar-refractivity contribution in [2.24, 2.45) is 5.10 Å². The Morgan fingerprint density at radius 2 is 1.83 bits per heavy atom. The van der Waals surface area contributed by atoms with E-state index in [2.05, 4.69) is 10.5 Å². The number of ether oxygens (including phenoxy) is 1. The second-order valence-corrected chi connectivity index (χ2v) is 5.15. The third-order valence-electron chi connectivity index (χ3n) is 3.64.